The maximum Gasteiger partial charge on any atom is 0.171 e. The fraction of sp³-hybridized carbons (Fsp3) is 0.933. The van der Waals surface area contributed by atoms with Gasteiger partial charge in [0.25, 0.3) is 0 Å². The first kappa shape index (κ1) is 12.6. The number of hydrogen-bond donors (Lipinski definition) is 0. The van der Waals surface area contributed by atoms with E-state index in [4.69, 9.17) is 9.47 Å². The summed E-state index contributed by atoms with van der Waals surface area (Å²) >= 11 is 0. The molecular formula is C15H24O3. The molecule has 3 nitrogen and oxygen atoms in total. The molecular weight excluding hydrogens is 228 g/mol. The molecule has 0 bridgehead atoms. The number of carbonyl (C=O) groups excluding carboxylic acids is 1. The van der Waals surface area contributed by atoms with Crippen LogP contribution in [-0.2, 0) is 14.3 Å². The lowest BCUT2D eigenvalue weighted by atomic mass is 9.59. The zero-order chi connectivity index (χ0) is 13.0. The third-order valence-corrected chi connectivity index (χ3v) is 5.81. The van der Waals surface area contributed by atoms with Crippen LogP contribution in [-0.4, -0.2) is 24.8 Å². The van der Waals surface area contributed by atoms with Crippen molar-refractivity contribution in [2.45, 2.75) is 64.3 Å². The van der Waals surface area contributed by atoms with E-state index in [2.05, 4.69) is 13.8 Å². The molecule has 4 unspecified atom stereocenters. The maximum absolute atomic E-state index is 12.2. The SMILES string of the molecule is COC12CC[C@@]3(C)C(=O)CCC3C1CCC(C)O2. The van der Waals surface area contributed by atoms with Crippen LogP contribution in [0.5, 0.6) is 0 Å². The molecule has 0 N–H and O–H groups in total. The Hall–Kier alpha value is -0.410. The molecule has 0 spiro atoms. The highest BCUT2D eigenvalue weighted by Gasteiger charge is 2.61. The Kier molecular flexibility index (Phi) is 2.83. The highest BCUT2D eigenvalue weighted by Crippen LogP contribution is 2.59. The van der Waals surface area contributed by atoms with Crippen molar-refractivity contribution in [1.82, 2.24) is 0 Å². The van der Waals surface area contributed by atoms with Gasteiger partial charge in [0.2, 0.25) is 0 Å². The number of ether oxygens (including phenoxy) is 2. The zero-order valence-electron chi connectivity index (χ0n) is 11.7. The maximum atomic E-state index is 12.2. The largest absolute Gasteiger partial charge is 0.353 e. The van der Waals surface area contributed by atoms with E-state index in [1.165, 1.54) is 0 Å². The quantitative estimate of drug-likeness (QED) is 0.720. The van der Waals surface area contributed by atoms with Gasteiger partial charge in [-0.15, -0.1) is 0 Å². The fourth-order valence-corrected chi connectivity index (χ4v) is 4.68. The monoisotopic (exact) mass is 252 g/mol. The Morgan fingerprint density at radius 1 is 1.22 bits per heavy atom. The fourth-order valence-electron chi connectivity index (χ4n) is 4.68. The number of fused-ring (bicyclic) bond motifs is 3. The Morgan fingerprint density at radius 3 is 2.72 bits per heavy atom. The first-order valence-electron chi connectivity index (χ1n) is 7.28. The van der Waals surface area contributed by atoms with E-state index >= 15 is 0 Å². The van der Waals surface area contributed by atoms with E-state index in [1.54, 1.807) is 7.11 Å². The van der Waals surface area contributed by atoms with Gasteiger partial charge in [-0.3, -0.25) is 4.79 Å². The number of ketones is 1. The smallest absolute Gasteiger partial charge is 0.171 e. The highest BCUT2D eigenvalue weighted by molar-refractivity contribution is 5.87. The van der Waals surface area contributed by atoms with Gasteiger partial charge in [-0.2, -0.15) is 0 Å². The van der Waals surface area contributed by atoms with Gasteiger partial charge in [-0.05, 0) is 38.5 Å². The molecule has 0 radical (unpaired) electrons. The van der Waals surface area contributed by atoms with Crippen molar-refractivity contribution in [3.63, 3.8) is 0 Å². The average Bonchev–Trinajstić information content (AvgIpc) is 2.66. The molecule has 1 aliphatic heterocycles. The number of hydrogen-bond acceptors (Lipinski definition) is 3. The summed E-state index contributed by atoms with van der Waals surface area (Å²) in [7, 11) is 1.77. The molecule has 102 valence electrons. The van der Waals surface area contributed by atoms with Crippen LogP contribution < -0.4 is 0 Å². The zero-order valence-corrected chi connectivity index (χ0v) is 11.7. The van der Waals surface area contributed by atoms with Gasteiger partial charge in [0.1, 0.15) is 5.78 Å². The minimum Gasteiger partial charge on any atom is -0.353 e. The molecule has 1 heterocycles. The molecule has 0 aromatic heterocycles. The first-order valence-corrected chi connectivity index (χ1v) is 7.28. The lowest BCUT2D eigenvalue weighted by Gasteiger charge is -2.54. The van der Waals surface area contributed by atoms with E-state index in [0.717, 1.165) is 38.5 Å². The summed E-state index contributed by atoms with van der Waals surface area (Å²) in [6, 6.07) is 0. The van der Waals surface area contributed by atoms with E-state index in [0.29, 0.717) is 17.6 Å². The third-order valence-electron chi connectivity index (χ3n) is 5.81. The Balaban J connectivity index is 1.94. The summed E-state index contributed by atoms with van der Waals surface area (Å²) in [5.74, 6) is 0.929. The van der Waals surface area contributed by atoms with Crippen molar-refractivity contribution in [3.05, 3.63) is 0 Å². The van der Waals surface area contributed by atoms with E-state index in [-0.39, 0.29) is 11.5 Å². The Bertz CT molecular complexity index is 367. The Labute approximate surface area is 109 Å². The van der Waals surface area contributed by atoms with E-state index in [9.17, 15) is 4.79 Å². The van der Waals surface area contributed by atoms with Crippen LogP contribution in [0.25, 0.3) is 0 Å². The molecule has 2 saturated carbocycles. The molecule has 3 fully saturated rings. The molecule has 0 aromatic carbocycles. The highest BCUT2D eigenvalue weighted by atomic mass is 16.7. The molecule has 2 aliphatic carbocycles. The molecule has 3 aliphatic rings. The van der Waals surface area contributed by atoms with Crippen LogP contribution in [0.3, 0.4) is 0 Å². The lowest BCUT2D eigenvalue weighted by molar-refractivity contribution is -0.323. The van der Waals surface area contributed by atoms with Crippen LogP contribution in [0.2, 0.25) is 0 Å². The van der Waals surface area contributed by atoms with Gasteiger partial charge < -0.3 is 9.47 Å². The van der Waals surface area contributed by atoms with Crippen molar-refractivity contribution >= 4 is 5.78 Å². The number of methoxy groups -OCH3 is 1. The van der Waals surface area contributed by atoms with Gasteiger partial charge in [-0.25, -0.2) is 0 Å². The predicted molar refractivity (Wildman–Crippen MR) is 68.1 cm³/mol. The summed E-state index contributed by atoms with van der Waals surface area (Å²) in [5, 5.41) is 0. The van der Waals surface area contributed by atoms with Gasteiger partial charge in [0.05, 0.1) is 6.10 Å². The van der Waals surface area contributed by atoms with Crippen LogP contribution in [0.15, 0.2) is 0 Å². The van der Waals surface area contributed by atoms with Crippen molar-refractivity contribution in [3.8, 4) is 0 Å². The second-order valence-corrected chi connectivity index (χ2v) is 6.61. The topological polar surface area (TPSA) is 35.5 Å². The molecule has 5 atom stereocenters. The van der Waals surface area contributed by atoms with E-state index in [1.807, 2.05) is 0 Å². The van der Waals surface area contributed by atoms with Gasteiger partial charge in [0, 0.05) is 31.3 Å². The van der Waals surface area contributed by atoms with Crippen molar-refractivity contribution < 1.29 is 14.3 Å². The predicted octanol–water partition coefficient (Wildman–Crippen LogP) is 2.92. The normalized spacial score (nSPS) is 51.9. The molecule has 1 saturated heterocycles. The molecule has 3 rings (SSSR count). The van der Waals surface area contributed by atoms with Crippen molar-refractivity contribution in [2.24, 2.45) is 17.3 Å². The second-order valence-electron chi connectivity index (χ2n) is 6.61. The first-order chi connectivity index (χ1) is 8.52. The lowest BCUT2D eigenvalue weighted by Crippen LogP contribution is -2.57. The summed E-state index contributed by atoms with van der Waals surface area (Å²) < 4.78 is 12.0. The van der Waals surface area contributed by atoms with Crippen LogP contribution in [0, 0.1) is 17.3 Å². The number of rotatable bonds is 1. The van der Waals surface area contributed by atoms with Gasteiger partial charge >= 0.3 is 0 Å². The molecule has 18 heavy (non-hydrogen) atoms. The molecule has 0 aromatic rings. The van der Waals surface area contributed by atoms with Crippen LogP contribution in [0.1, 0.15) is 52.4 Å². The second kappa shape index (κ2) is 4.04. The number of carbonyl (C=O) groups is 1. The summed E-state index contributed by atoms with van der Waals surface area (Å²) in [6.45, 7) is 4.30. The van der Waals surface area contributed by atoms with Crippen molar-refractivity contribution in [1.29, 1.82) is 0 Å². The van der Waals surface area contributed by atoms with Crippen LogP contribution >= 0.6 is 0 Å². The minimum absolute atomic E-state index is 0.101. The standard InChI is InChI=1S/C15H24O3/c1-10-4-5-12-11-6-7-13(16)14(11,2)8-9-15(12,17-3)18-10/h10-12H,4-9H2,1-3H3/t10?,11?,12?,14-,15?/m1/s1. The summed E-state index contributed by atoms with van der Waals surface area (Å²) in [6.07, 6.45) is 6.10. The van der Waals surface area contributed by atoms with E-state index < -0.39 is 5.79 Å². The van der Waals surface area contributed by atoms with Gasteiger partial charge in [0.15, 0.2) is 5.79 Å². The van der Waals surface area contributed by atoms with Crippen molar-refractivity contribution in [2.75, 3.05) is 7.11 Å². The molecule has 3 heteroatoms. The number of Topliss-reactive ketones (excluding diaryl/α,β-unsaturated/α-hetero) is 1. The molecule has 0 amide bonds. The van der Waals surface area contributed by atoms with Gasteiger partial charge in [-0.1, -0.05) is 6.92 Å². The summed E-state index contributed by atoms with van der Waals surface area (Å²) in [5.41, 5.74) is -0.101. The minimum atomic E-state index is -0.410. The average molecular weight is 252 g/mol. The third kappa shape index (κ3) is 1.53. The summed E-state index contributed by atoms with van der Waals surface area (Å²) in [4.78, 5) is 12.2. The van der Waals surface area contributed by atoms with Crippen LogP contribution in [0.4, 0.5) is 0 Å². The Morgan fingerprint density at radius 2 is 2.00 bits per heavy atom.